The van der Waals surface area contributed by atoms with Crippen LogP contribution in [0.25, 0.3) is 11.2 Å². The zero-order valence-electron chi connectivity index (χ0n) is 16.9. The number of hydrogen-bond donors (Lipinski definition) is 2. The first-order valence-corrected chi connectivity index (χ1v) is 10.2. The van der Waals surface area contributed by atoms with Crippen molar-refractivity contribution in [1.82, 2.24) is 24.4 Å². The summed E-state index contributed by atoms with van der Waals surface area (Å²) in [6.45, 7) is 6.58. The van der Waals surface area contributed by atoms with Crippen LogP contribution in [0.4, 0.5) is 17.5 Å². The number of rotatable bonds is 8. The number of anilines is 3. The molecular weight excluding hydrogens is 366 g/mol. The molecule has 3 aromatic rings. The van der Waals surface area contributed by atoms with E-state index in [2.05, 4.69) is 34.4 Å². The number of imidazole rings is 1. The molecule has 0 unspecified atom stereocenters. The van der Waals surface area contributed by atoms with Gasteiger partial charge in [0.1, 0.15) is 0 Å². The standard InChI is InChI=1S/C21H27N7O/c1-15(2)28-14-23-18-19(22-11-7-13-27-12-6-10-17(27)29)25-21(26-20(18)28)24-16-8-4-3-5-9-16/h3-5,8-9,14-15H,6-7,10-13H2,1-2H3,(H2,22,24,25,26). The van der Waals surface area contributed by atoms with Crippen molar-refractivity contribution in [3.63, 3.8) is 0 Å². The summed E-state index contributed by atoms with van der Waals surface area (Å²) in [6, 6.07) is 10.1. The SMILES string of the molecule is CC(C)n1cnc2c(NCCCN3CCCC3=O)nc(Nc3ccccc3)nc21. The zero-order chi connectivity index (χ0) is 20.2. The Labute approximate surface area is 170 Å². The Balaban J connectivity index is 1.53. The summed E-state index contributed by atoms with van der Waals surface area (Å²) in [5.41, 5.74) is 2.49. The van der Waals surface area contributed by atoms with Crippen LogP contribution in [0.3, 0.4) is 0 Å². The van der Waals surface area contributed by atoms with Gasteiger partial charge in [-0.2, -0.15) is 9.97 Å². The van der Waals surface area contributed by atoms with Crippen molar-refractivity contribution in [2.75, 3.05) is 30.3 Å². The number of nitrogens with one attached hydrogen (secondary N) is 2. The summed E-state index contributed by atoms with van der Waals surface area (Å²) in [7, 11) is 0. The molecule has 1 aliphatic heterocycles. The van der Waals surface area contributed by atoms with Crippen molar-refractivity contribution in [2.45, 2.75) is 39.2 Å². The zero-order valence-corrected chi connectivity index (χ0v) is 16.9. The van der Waals surface area contributed by atoms with E-state index in [9.17, 15) is 4.79 Å². The highest BCUT2D eigenvalue weighted by molar-refractivity contribution is 5.84. The summed E-state index contributed by atoms with van der Waals surface area (Å²) >= 11 is 0. The third kappa shape index (κ3) is 4.31. The van der Waals surface area contributed by atoms with E-state index in [1.54, 1.807) is 0 Å². The minimum atomic E-state index is 0.244. The highest BCUT2D eigenvalue weighted by Crippen LogP contribution is 2.24. The Morgan fingerprint density at radius 3 is 2.72 bits per heavy atom. The van der Waals surface area contributed by atoms with Crippen molar-refractivity contribution < 1.29 is 4.79 Å². The number of nitrogens with zero attached hydrogens (tertiary/aromatic N) is 5. The fraction of sp³-hybridized carbons (Fsp3) is 0.429. The second-order valence-electron chi connectivity index (χ2n) is 7.57. The van der Waals surface area contributed by atoms with Gasteiger partial charge in [-0.05, 0) is 38.8 Å². The van der Waals surface area contributed by atoms with Crippen LogP contribution < -0.4 is 10.6 Å². The Bertz CT molecular complexity index is 983. The summed E-state index contributed by atoms with van der Waals surface area (Å²) in [6.07, 6.45) is 4.33. The van der Waals surface area contributed by atoms with Gasteiger partial charge in [0.25, 0.3) is 0 Å². The van der Waals surface area contributed by atoms with Crippen LogP contribution in [0, 0.1) is 0 Å². The summed E-state index contributed by atoms with van der Waals surface area (Å²) < 4.78 is 2.04. The molecule has 0 radical (unpaired) electrons. The van der Waals surface area contributed by atoms with Gasteiger partial charge >= 0.3 is 0 Å². The molecule has 8 nitrogen and oxygen atoms in total. The molecular formula is C21H27N7O. The number of carbonyl (C=O) groups is 1. The molecule has 152 valence electrons. The summed E-state index contributed by atoms with van der Waals surface area (Å²) in [5.74, 6) is 1.50. The molecule has 1 aliphatic rings. The normalized spacial score (nSPS) is 14.2. The lowest BCUT2D eigenvalue weighted by Gasteiger charge is -2.16. The molecule has 0 spiro atoms. The number of benzene rings is 1. The Morgan fingerprint density at radius 1 is 1.17 bits per heavy atom. The van der Waals surface area contributed by atoms with Crippen LogP contribution in [0.1, 0.15) is 39.2 Å². The molecule has 1 saturated heterocycles. The van der Waals surface area contributed by atoms with Gasteiger partial charge < -0.3 is 20.1 Å². The lowest BCUT2D eigenvalue weighted by atomic mass is 10.3. The second kappa shape index (κ2) is 8.46. The molecule has 3 heterocycles. The number of aromatic nitrogens is 4. The first-order valence-electron chi connectivity index (χ1n) is 10.2. The van der Waals surface area contributed by atoms with E-state index in [1.807, 2.05) is 46.1 Å². The molecule has 0 atom stereocenters. The van der Waals surface area contributed by atoms with Crippen LogP contribution in [0.5, 0.6) is 0 Å². The monoisotopic (exact) mass is 393 g/mol. The fourth-order valence-electron chi connectivity index (χ4n) is 3.54. The predicted molar refractivity (Wildman–Crippen MR) is 114 cm³/mol. The molecule has 4 rings (SSSR count). The summed E-state index contributed by atoms with van der Waals surface area (Å²) in [5, 5.41) is 6.68. The molecule has 0 bridgehead atoms. The second-order valence-corrected chi connectivity index (χ2v) is 7.57. The van der Waals surface area contributed by atoms with E-state index < -0.39 is 0 Å². The maximum atomic E-state index is 11.8. The van der Waals surface area contributed by atoms with E-state index >= 15 is 0 Å². The lowest BCUT2D eigenvalue weighted by Crippen LogP contribution is -2.27. The van der Waals surface area contributed by atoms with Gasteiger partial charge in [-0.25, -0.2) is 4.98 Å². The van der Waals surface area contributed by atoms with Crippen molar-refractivity contribution in [3.05, 3.63) is 36.7 Å². The number of hydrogen-bond acceptors (Lipinski definition) is 6. The molecule has 29 heavy (non-hydrogen) atoms. The van der Waals surface area contributed by atoms with Gasteiger partial charge in [0.2, 0.25) is 11.9 Å². The van der Waals surface area contributed by atoms with E-state index in [-0.39, 0.29) is 11.9 Å². The van der Waals surface area contributed by atoms with Gasteiger partial charge in [-0.15, -0.1) is 0 Å². The molecule has 1 fully saturated rings. The maximum Gasteiger partial charge on any atom is 0.231 e. The first kappa shape index (κ1) is 19.2. The van der Waals surface area contributed by atoms with Crippen LogP contribution in [0.15, 0.2) is 36.7 Å². The Morgan fingerprint density at radius 2 is 2.00 bits per heavy atom. The molecule has 1 amide bonds. The van der Waals surface area contributed by atoms with E-state index in [0.717, 1.165) is 49.3 Å². The van der Waals surface area contributed by atoms with Crippen LogP contribution in [-0.4, -0.2) is 50.0 Å². The summed E-state index contributed by atoms with van der Waals surface area (Å²) in [4.78, 5) is 27.6. The van der Waals surface area contributed by atoms with E-state index in [4.69, 9.17) is 4.98 Å². The molecule has 1 aromatic carbocycles. The highest BCUT2D eigenvalue weighted by Gasteiger charge is 2.19. The van der Waals surface area contributed by atoms with Gasteiger partial charge in [-0.1, -0.05) is 18.2 Å². The quantitative estimate of drug-likeness (QED) is 0.569. The van der Waals surface area contributed by atoms with Gasteiger partial charge in [0.15, 0.2) is 17.0 Å². The molecule has 0 aliphatic carbocycles. The van der Waals surface area contributed by atoms with Crippen molar-refractivity contribution in [2.24, 2.45) is 0 Å². The molecule has 2 aromatic heterocycles. The fourth-order valence-corrected chi connectivity index (χ4v) is 3.54. The number of likely N-dealkylation sites (tertiary alicyclic amines) is 1. The van der Waals surface area contributed by atoms with Gasteiger partial charge in [0.05, 0.1) is 6.33 Å². The maximum absolute atomic E-state index is 11.8. The minimum Gasteiger partial charge on any atom is -0.368 e. The Hall–Kier alpha value is -3.16. The van der Waals surface area contributed by atoms with Crippen LogP contribution in [0.2, 0.25) is 0 Å². The number of para-hydroxylation sites is 1. The largest absolute Gasteiger partial charge is 0.368 e. The highest BCUT2D eigenvalue weighted by atomic mass is 16.2. The van der Waals surface area contributed by atoms with Crippen LogP contribution in [-0.2, 0) is 4.79 Å². The third-order valence-corrected chi connectivity index (χ3v) is 5.08. The average molecular weight is 393 g/mol. The third-order valence-electron chi connectivity index (χ3n) is 5.08. The van der Waals surface area contributed by atoms with Crippen molar-refractivity contribution >= 4 is 34.5 Å². The predicted octanol–water partition coefficient (Wildman–Crippen LogP) is 3.58. The molecule has 8 heteroatoms. The van der Waals surface area contributed by atoms with Crippen molar-refractivity contribution in [1.29, 1.82) is 0 Å². The topological polar surface area (TPSA) is 88.0 Å². The van der Waals surface area contributed by atoms with Gasteiger partial charge in [0, 0.05) is 37.8 Å². The lowest BCUT2D eigenvalue weighted by molar-refractivity contribution is -0.127. The van der Waals surface area contributed by atoms with Crippen LogP contribution >= 0.6 is 0 Å². The average Bonchev–Trinajstić information content (AvgIpc) is 3.32. The molecule has 0 saturated carbocycles. The smallest absolute Gasteiger partial charge is 0.231 e. The number of amides is 1. The number of carbonyl (C=O) groups excluding carboxylic acids is 1. The Kier molecular flexibility index (Phi) is 5.59. The first-order chi connectivity index (χ1) is 14.1. The van der Waals surface area contributed by atoms with E-state index in [0.29, 0.717) is 18.2 Å². The molecule has 2 N–H and O–H groups in total. The van der Waals surface area contributed by atoms with Gasteiger partial charge in [-0.3, -0.25) is 4.79 Å². The number of fused-ring (bicyclic) bond motifs is 1. The minimum absolute atomic E-state index is 0.244. The van der Waals surface area contributed by atoms with Crippen molar-refractivity contribution in [3.8, 4) is 0 Å². The van der Waals surface area contributed by atoms with E-state index in [1.165, 1.54) is 0 Å².